The highest BCUT2D eigenvalue weighted by Gasteiger charge is 2.64. The van der Waals surface area contributed by atoms with Crippen molar-refractivity contribution in [2.75, 3.05) is 0 Å². The summed E-state index contributed by atoms with van der Waals surface area (Å²) in [5.41, 5.74) is 0. The molecule has 5 nitrogen and oxygen atoms in total. The number of nitrogens with one attached hydrogen (secondary N) is 1. The van der Waals surface area contributed by atoms with Crippen molar-refractivity contribution in [2.45, 2.75) is 45.2 Å². The van der Waals surface area contributed by atoms with E-state index in [4.69, 9.17) is 4.74 Å². The number of fused-ring (bicyclic) bond motifs is 1. The molecule has 0 spiro atoms. The van der Waals surface area contributed by atoms with Gasteiger partial charge in [0.15, 0.2) is 0 Å². The number of alkyl halides is 1. The van der Waals surface area contributed by atoms with Gasteiger partial charge in [-0.2, -0.15) is 0 Å². The second-order valence-electron chi connectivity index (χ2n) is 4.62. The van der Waals surface area contributed by atoms with Gasteiger partial charge >= 0.3 is 5.97 Å². The van der Waals surface area contributed by atoms with Crippen LogP contribution in [0.15, 0.2) is 0 Å². The summed E-state index contributed by atoms with van der Waals surface area (Å²) < 4.78 is 31.4. The lowest BCUT2D eigenvalue weighted by Crippen LogP contribution is -2.45. The number of thioether (sulfide) groups is 1. The fourth-order valence-corrected chi connectivity index (χ4v) is 7.33. The molecular formula is C9H12INO4S2. The quantitative estimate of drug-likeness (QED) is 0.417. The number of rotatable bonds is 2. The number of hydrogen-bond acceptors (Lipinski definition) is 5. The van der Waals surface area contributed by atoms with Gasteiger partial charge < -0.3 is 4.74 Å². The predicted octanol–water partition coefficient (Wildman–Crippen LogP) is 0.280. The summed E-state index contributed by atoms with van der Waals surface area (Å²) in [6, 6.07) is -0.215. The minimum Gasteiger partial charge on any atom is -0.459 e. The third-order valence-corrected chi connectivity index (χ3v) is 7.82. The van der Waals surface area contributed by atoms with Crippen LogP contribution >= 0.6 is 34.4 Å². The van der Waals surface area contributed by atoms with Gasteiger partial charge in [0.2, 0.25) is 10.0 Å². The molecule has 5 unspecified atom stereocenters. The molecule has 96 valence electrons. The fourth-order valence-electron chi connectivity index (χ4n) is 2.75. The summed E-state index contributed by atoms with van der Waals surface area (Å²) in [5.74, 6) is -0.258. The van der Waals surface area contributed by atoms with Gasteiger partial charge in [-0.15, -0.1) is 11.8 Å². The van der Waals surface area contributed by atoms with Crippen LogP contribution in [-0.2, 0) is 19.6 Å². The van der Waals surface area contributed by atoms with E-state index in [2.05, 4.69) is 4.72 Å². The molecule has 6 atom stereocenters. The molecule has 0 aromatic heterocycles. The van der Waals surface area contributed by atoms with Gasteiger partial charge in [-0.05, 0) is 13.3 Å². The largest absolute Gasteiger partial charge is 0.459 e. The van der Waals surface area contributed by atoms with E-state index in [1.54, 1.807) is 18.7 Å². The summed E-state index contributed by atoms with van der Waals surface area (Å²) in [6.45, 7) is 1.77. The van der Waals surface area contributed by atoms with Crippen LogP contribution in [0.4, 0.5) is 0 Å². The Hall–Kier alpha value is 0.460. The van der Waals surface area contributed by atoms with E-state index in [0.29, 0.717) is 6.42 Å². The highest BCUT2D eigenvalue weighted by atomic mass is 127. The zero-order valence-corrected chi connectivity index (χ0v) is 12.8. The van der Waals surface area contributed by atoms with E-state index in [-0.39, 0.29) is 37.8 Å². The summed E-state index contributed by atoms with van der Waals surface area (Å²) in [7, 11) is -3.18. The van der Waals surface area contributed by atoms with Crippen molar-refractivity contribution in [2.24, 2.45) is 0 Å². The third-order valence-electron chi connectivity index (χ3n) is 3.51. The van der Waals surface area contributed by atoms with Gasteiger partial charge in [-0.25, -0.2) is 13.1 Å². The summed E-state index contributed by atoms with van der Waals surface area (Å²) in [4.78, 5) is 11.6. The SMILES string of the molecule is CC(I)C(=O)OC1C2NS(=O)(=O)C3C[C@@H]1SC23. The Morgan fingerprint density at radius 1 is 1.59 bits per heavy atom. The topological polar surface area (TPSA) is 72.5 Å². The first kappa shape index (κ1) is 12.5. The highest BCUT2D eigenvalue weighted by Crippen LogP contribution is 2.53. The summed E-state index contributed by atoms with van der Waals surface area (Å²) in [5, 5.41) is -0.0827. The maximum Gasteiger partial charge on any atom is 0.318 e. The maximum atomic E-state index is 11.8. The Balaban J connectivity index is 1.81. The van der Waals surface area contributed by atoms with Crippen LogP contribution in [0.25, 0.3) is 0 Å². The van der Waals surface area contributed by atoms with E-state index >= 15 is 0 Å². The molecule has 2 bridgehead atoms. The first-order valence-electron chi connectivity index (χ1n) is 5.41. The Morgan fingerprint density at radius 3 is 2.94 bits per heavy atom. The van der Waals surface area contributed by atoms with Gasteiger partial charge in [0.1, 0.15) is 10.0 Å². The van der Waals surface area contributed by atoms with E-state index in [1.165, 1.54) is 0 Å². The van der Waals surface area contributed by atoms with Crippen molar-refractivity contribution >= 4 is 50.3 Å². The van der Waals surface area contributed by atoms with Crippen LogP contribution < -0.4 is 4.72 Å². The van der Waals surface area contributed by atoms with Gasteiger partial charge in [-0.3, -0.25) is 4.79 Å². The van der Waals surface area contributed by atoms with Gasteiger partial charge in [-0.1, -0.05) is 22.6 Å². The van der Waals surface area contributed by atoms with Crippen molar-refractivity contribution < 1.29 is 17.9 Å². The number of halogens is 1. The second kappa shape index (κ2) is 3.97. The van der Waals surface area contributed by atoms with Crippen LogP contribution in [0.5, 0.6) is 0 Å². The normalized spacial score (nSPS) is 47.1. The molecule has 0 aromatic carbocycles. The molecule has 0 aromatic rings. The summed E-state index contributed by atoms with van der Waals surface area (Å²) >= 11 is 3.65. The van der Waals surface area contributed by atoms with Crippen molar-refractivity contribution in [1.29, 1.82) is 0 Å². The first-order chi connectivity index (χ1) is 7.90. The second-order valence-corrected chi connectivity index (χ2v) is 9.84. The maximum absolute atomic E-state index is 11.8. The molecular weight excluding hydrogens is 377 g/mol. The van der Waals surface area contributed by atoms with E-state index in [9.17, 15) is 13.2 Å². The minimum absolute atomic E-state index is 0.0623. The molecule has 0 amide bonds. The molecule has 3 fully saturated rings. The predicted molar refractivity (Wildman–Crippen MR) is 72.8 cm³/mol. The minimum atomic E-state index is -3.18. The Kier molecular flexibility index (Phi) is 2.92. The van der Waals surface area contributed by atoms with E-state index in [0.717, 1.165) is 0 Å². The van der Waals surface area contributed by atoms with Crippen LogP contribution in [0.2, 0.25) is 0 Å². The Bertz CT molecular complexity index is 466. The Labute approximate surface area is 118 Å². The number of sulfonamides is 1. The lowest BCUT2D eigenvalue weighted by Gasteiger charge is -2.25. The molecule has 3 saturated heterocycles. The smallest absolute Gasteiger partial charge is 0.318 e. The third kappa shape index (κ3) is 1.82. The molecule has 1 N–H and O–H groups in total. The number of hydrogen-bond donors (Lipinski definition) is 1. The van der Waals surface area contributed by atoms with Crippen LogP contribution in [0.3, 0.4) is 0 Å². The standard InChI is InChI=1S/C9H12INO4S2/c1-3(10)9(12)15-7-4-2-5-8(16-4)6(7)11-17(5,13)14/h3-8,11H,2H2,1H3/t3?,4-,5?,6?,7?,8?/m0/s1. The number of carbonyl (C=O) groups is 1. The lowest BCUT2D eigenvalue weighted by molar-refractivity contribution is -0.148. The average molecular weight is 389 g/mol. The first-order valence-corrected chi connectivity index (χ1v) is 9.15. The molecule has 17 heavy (non-hydrogen) atoms. The molecule has 3 rings (SSSR count). The number of carbonyl (C=O) groups excluding carboxylic acids is 1. The number of ether oxygens (including phenoxy) is 1. The molecule has 0 saturated carbocycles. The average Bonchev–Trinajstić information content (AvgIpc) is 2.81. The van der Waals surface area contributed by atoms with Crippen molar-refractivity contribution in [1.82, 2.24) is 4.72 Å². The van der Waals surface area contributed by atoms with Crippen LogP contribution in [0.1, 0.15) is 13.3 Å². The highest BCUT2D eigenvalue weighted by molar-refractivity contribution is 14.1. The van der Waals surface area contributed by atoms with Crippen molar-refractivity contribution in [3.05, 3.63) is 0 Å². The van der Waals surface area contributed by atoms with E-state index < -0.39 is 10.0 Å². The zero-order valence-electron chi connectivity index (χ0n) is 9.00. The van der Waals surface area contributed by atoms with Gasteiger partial charge in [0.05, 0.1) is 11.3 Å². The monoisotopic (exact) mass is 389 g/mol. The molecule has 3 aliphatic rings. The fraction of sp³-hybridized carbons (Fsp3) is 0.889. The zero-order chi connectivity index (χ0) is 12.4. The summed E-state index contributed by atoms with van der Waals surface area (Å²) in [6.07, 6.45) is 0.317. The van der Waals surface area contributed by atoms with Crippen molar-refractivity contribution in [3.63, 3.8) is 0 Å². The van der Waals surface area contributed by atoms with E-state index in [1.807, 2.05) is 22.6 Å². The van der Waals surface area contributed by atoms with Crippen LogP contribution in [-0.4, -0.2) is 46.2 Å². The molecule has 0 radical (unpaired) electrons. The van der Waals surface area contributed by atoms with Crippen LogP contribution in [0, 0.1) is 0 Å². The lowest BCUT2D eigenvalue weighted by atomic mass is 9.93. The molecule has 3 heterocycles. The molecule has 0 aliphatic carbocycles. The Morgan fingerprint density at radius 2 is 2.29 bits per heavy atom. The number of esters is 1. The van der Waals surface area contributed by atoms with Crippen molar-refractivity contribution in [3.8, 4) is 0 Å². The molecule has 8 heteroatoms. The molecule has 3 aliphatic heterocycles. The van der Waals surface area contributed by atoms with Gasteiger partial charge in [0, 0.05) is 10.5 Å². The van der Waals surface area contributed by atoms with Gasteiger partial charge in [0.25, 0.3) is 0 Å².